The molecule has 2 aromatic carbocycles. The van der Waals surface area contributed by atoms with Crippen molar-refractivity contribution in [3.8, 4) is 11.8 Å². The number of thiophene rings is 1. The number of esters is 1. The summed E-state index contributed by atoms with van der Waals surface area (Å²) in [5, 5.41) is 14.5. The van der Waals surface area contributed by atoms with Crippen molar-refractivity contribution in [3.63, 3.8) is 0 Å². The summed E-state index contributed by atoms with van der Waals surface area (Å²) in [7, 11) is 0. The molecule has 0 bridgehead atoms. The van der Waals surface area contributed by atoms with E-state index < -0.39 is 24.1 Å². The summed E-state index contributed by atoms with van der Waals surface area (Å²) in [6.45, 7) is 1.61. The number of carbonyl (C=O) groups excluding carboxylic acids is 2. The van der Waals surface area contributed by atoms with E-state index in [0.29, 0.717) is 21.9 Å². The fraction of sp³-hybridized carbons (Fsp3) is 0.120. The van der Waals surface area contributed by atoms with Crippen molar-refractivity contribution in [2.24, 2.45) is 0 Å². The first-order valence-electron chi connectivity index (χ1n) is 10.1. The van der Waals surface area contributed by atoms with Gasteiger partial charge in [0, 0.05) is 17.5 Å². The van der Waals surface area contributed by atoms with Crippen LogP contribution in [0.5, 0.6) is 5.75 Å². The molecular formula is C25H18N2O6S. The molecule has 170 valence electrons. The van der Waals surface area contributed by atoms with Gasteiger partial charge in [0.15, 0.2) is 6.61 Å². The van der Waals surface area contributed by atoms with Gasteiger partial charge in [0.25, 0.3) is 5.91 Å². The molecule has 0 atom stereocenters. The second kappa shape index (κ2) is 10.0. The van der Waals surface area contributed by atoms with Crippen molar-refractivity contribution >= 4 is 39.2 Å². The fourth-order valence-corrected chi connectivity index (χ4v) is 3.92. The maximum Gasteiger partial charge on any atom is 0.338 e. The Morgan fingerprint density at radius 3 is 2.68 bits per heavy atom. The lowest BCUT2D eigenvalue weighted by Gasteiger charge is -2.09. The summed E-state index contributed by atoms with van der Waals surface area (Å²) in [6.07, 6.45) is 0. The Morgan fingerprint density at radius 2 is 1.91 bits per heavy atom. The minimum Gasteiger partial charge on any atom is -0.489 e. The van der Waals surface area contributed by atoms with E-state index in [2.05, 4.69) is 5.32 Å². The quantitative estimate of drug-likeness (QED) is 0.311. The molecule has 0 aliphatic rings. The zero-order valence-corrected chi connectivity index (χ0v) is 18.8. The third-order valence-corrected chi connectivity index (χ3v) is 5.72. The Hall–Kier alpha value is -4.42. The Labute approximate surface area is 198 Å². The molecule has 9 heteroatoms. The molecule has 0 aliphatic heterocycles. The summed E-state index contributed by atoms with van der Waals surface area (Å²) < 4.78 is 16.0. The molecule has 4 rings (SSSR count). The van der Waals surface area contributed by atoms with Crippen molar-refractivity contribution in [2.45, 2.75) is 13.5 Å². The van der Waals surface area contributed by atoms with E-state index in [0.717, 1.165) is 16.5 Å². The molecular weight excluding hydrogens is 456 g/mol. The Bertz CT molecular complexity index is 1460. The highest BCUT2D eigenvalue weighted by Crippen LogP contribution is 2.23. The van der Waals surface area contributed by atoms with Crippen LogP contribution in [0.3, 0.4) is 0 Å². The van der Waals surface area contributed by atoms with E-state index in [1.807, 2.05) is 19.1 Å². The predicted molar refractivity (Wildman–Crippen MR) is 126 cm³/mol. The largest absolute Gasteiger partial charge is 0.489 e. The third kappa shape index (κ3) is 5.31. The van der Waals surface area contributed by atoms with Crippen molar-refractivity contribution in [1.82, 2.24) is 0 Å². The number of rotatable bonds is 7. The fourth-order valence-electron chi connectivity index (χ4n) is 3.17. The van der Waals surface area contributed by atoms with Crippen LogP contribution < -0.4 is 15.7 Å². The number of benzene rings is 2. The highest BCUT2D eigenvalue weighted by molar-refractivity contribution is 7.14. The topological polar surface area (TPSA) is 119 Å². The van der Waals surface area contributed by atoms with Gasteiger partial charge < -0.3 is 19.2 Å². The van der Waals surface area contributed by atoms with E-state index in [-0.39, 0.29) is 12.2 Å². The summed E-state index contributed by atoms with van der Waals surface area (Å²) in [5.41, 5.74) is 2.31. The van der Waals surface area contributed by atoms with Gasteiger partial charge in [-0.05, 0) is 53.8 Å². The first-order chi connectivity index (χ1) is 16.4. The number of fused-ring (bicyclic) bond motifs is 1. The van der Waals surface area contributed by atoms with Crippen molar-refractivity contribution < 1.29 is 23.5 Å². The van der Waals surface area contributed by atoms with Gasteiger partial charge in [-0.2, -0.15) is 5.26 Å². The number of amides is 1. The first kappa shape index (κ1) is 22.8. The minimum absolute atomic E-state index is 0.237. The van der Waals surface area contributed by atoms with Crippen molar-refractivity contribution in [1.29, 1.82) is 5.26 Å². The van der Waals surface area contributed by atoms with Crippen LogP contribution >= 0.6 is 11.3 Å². The van der Waals surface area contributed by atoms with Gasteiger partial charge in [-0.15, -0.1) is 11.3 Å². The van der Waals surface area contributed by atoms with Crippen molar-refractivity contribution in [2.75, 3.05) is 11.9 Å². The number of anilines is 1. The van der Waals surface area contributed by atoms with Gasteiger partial charge in [-0.1, -0.05) is 12.1 Å². The Morgan fingerprint density at radius 1 is 1.12 bits per heavy atom. The van der Waals surface area contributed by atoms with Crippen LogP contribution in [-0.2, 0) is 16.1 Å². The Kier molecular flexibility index (Phi) is 6.71. The molecule has 0 saturated heterocycles. The highest BCUT2D eigenvalue weighted by Gasteiger charge is 2.13. The number of nitriles is 1. The van der Waals surface area contributed by atoms with E-state index in [1.54, 1.807) is 47.8 Å². The number of aryl methyl sites for hydroxylation is 1. The molecule has 2 aromatic heterocycles. The van der Waals surface area contributed by atoms with Crippen LogP contribution in [0.1, 0.15) is 27.0 Å². The van der Waals surface area contributed by atoms with E-state index >= 15 is 0 Å². The van der Waals surface area contributed by atoms with E-state index in [9.17, 15) is 14.4 Å². The van der Waals surface area contributed by atoms with Crippen LogP contribution in [0.4, 0.5) is 5.00 Å². The predicted octanol–water partition coefficient (Wildman–Crippen LogP) is 4.41. The molecule has 1 amide bonds. The molecule has 0 aliphatic carbocycles. The molecule has 1 N–H and O–H groups in total. The van der Waals surface area contributed by atoms with Gasteiger partial charge in [0.2, 0.25) is 0 Å². The zero-order chi connectivity index (χ0) is 24.1. The van der Waals surface area contributed by atoms with Crippen LogP contribution in [0.2, 0.25) is 0 Å². The molecule has 2 heterocycles. The number of ether oxygens (including phenoxy) is 2. The van der Waals surface area contributed by atoms with E-state index in [1.165, 1.54) is 17.4 Å². The monoisotopic (exact) mass is 474 g/mol. The molecule has 34 heavy (non-hydrogen) atoms. The molecule has 0 spiro atoms. The number of hydrogen-bond acceptors (Lipinski definition) is 8. The summed E-state index contributed by atoms with van der Waals surface area (Å²) >= 11 is 1.21. The molecule has 0 fully saturated rings. The van der Waals surface area contributed by atoms with Crippen molar-refractivity contribution in [3.05, 3.63) is 92.7 Å². The Balaban J connectivity index is 1.31. The van der Waals surface area contributed by atoms with Gasteiger partial charge in [-0.3, -0.25) is 4.79 Å². The highest BCUT2D eigenvalue weighted by atomic mass is 32.1. The molecule has 0 saturated carbocycles. The maximum atomic E-state index is 12.2. The smallest absolute Gasteiger partial charge is 0.338 e. The average Bonchev–Trinajstić information content (AvgIpc) is 3.28. The summed E-state index contributed by atoms with van der Waals surface area (Å²) in [6, 6.07) is 16.9. The zero-order valence-electron chi connectivity index (χ0n) is 18.0. The van der Waals surface area contributed by atoms with Gasteiger partial charge in [-0.25, -0.2) is 9.59 Å². The van der Waals surface area contributed by atoms with Gasteiger partial charge in [0.05, 0.1) is 11.1 Å². The van der Waals surface area contributed by atoms with Crippen LogP contribution in [0.25, 0.3) is 11.0 Å². The molecule has 0 unspecified atom stereocenters. The number of carbonyl (C=O) groups is 2. The molecule has 4 aromatic rings. The average molecular weight is 474 g/mol. The normalized spacial score (nSPS) is 10.5. The third-order valence-electron chi connectivity index (χ3n) is 4.89. The number of hydrogen-bond donors (Lipinski definition) is 1. The standard InChI is InChI=1S/C25H18N2O6S/c1-15-10-23(29)33-21-11-19(6-7-20(15)21)31-13-16-2-4-17(5-3-16)25(30)32-14-22(28)27-24-18(12-26)8-9-34-24/h2-11H,13-14H2,1H3,(H,27,28). The second-order valence-corrected chi connectivity index (χ2v) is 8.21. The lowest BCUT2D eigenvalue weighted by molar-refractivity contribution is -0.119. The SMILES string of the molecule is Cc1cc(=O)oc2cc(OCc3ccc(C(=O)OCC(=O)Nc4sccc4C#N)cc3)ccc12. The lowest BCUT2D eigenvalue weighted by Crippen LogP contribution is -2.20. The summed E-state index contributed by atoms with van der Waals surface area (Å²) in [4.78, 5) is 35.8. The molecule has 0 radical (unpaired) electrons. The number of nitrogens with one attached hydrogen (secondary N) is 1. The van der Waals surface area contributed by atoms with Gasteiger partial charge >= 0.3 is 11.6 Å². The van der Waals surface area contributed by atoms with E-state index in [4.69, 9.17) is 19.2 Å². The maximum absolute atomic E-state index is 12.2. The first-order valence-corrected chi connectivity index (χ1v) is 11.0. The summed E-state index contributed by atoms with van der Waals surface area (Å²) in [5.74, 6) is -0.631. The van der Waals surface area contributed by atoms with Gasteiger partial charge in [0.1, 0.15) is 29.0 Å². The van der Waals surface area contributed by atoms with Crippen LogP contribution in [0.15, 0.2) is 69.2 Å². The second-order valence-electron chi connectivity index (χ2n) is 7.29. The minimum atomic E-state index is -0.644. The molecule has 8 nitrogen and oxygen atoms in total. The number of nitrogens with zero attached hydrogens (tertiary/aromatic N) is 1. The van der Waals surface area contributed by atoms with Crippen LogP contribution in [0, 0.1) is 18.3 Å². The lowest BCUT2D eigenvalue weighted by atomic mass is 10.1. The van der Waals surface area contributed by atoms with Crippen LogP contribution in [-0.4, -0.2) is 18.5 Å².